The number of aliphatic hydroxyl groups is 1. The van der Waals surface area contributed by atoms with Crippen LogP contribution in [0.25, 0.3) is 10.9 Å². The highest BCUT2D eigenvalue weighted by atomic mass is 16.3. The predicted molar refractivity (Wildman–Crippen MR) is 112 cm³/mol. The van der Waals surface area contributed by atoms with Gasteiger partial charge in [-0.05, 0) is 37.5 Å². The Labute approximate surface area is 169 Å². The predicted octanol–water partition coefficient (Wildman–Crippen LogP) is 2.30. The standard InChI is InChI=1S/C23H25N3O3/c1-17-6-8-18(9-7-17)14-21(27)25-12-10-23(29,11-13-25)15-26-16-24-20-5-3-2-4-19(20)22(26)28/h2-9,16,29H,10-15H2,1H3. The summed E-state index contributed by atoms with van der Waals surface area (Å²) >= 11 is 0. The van der Waals surface area contributed by atoms with E-state index in [0.717, 1.165) is 5.56 Å². The van der Waals surface area contributed by atoms with Gasteiger partial charge in [-0.25, -0.2) is 4.98 Å². The van der Waals surface area contributed by atoms with E-state index in [0.29, 0.717) is 43.3 Å². The molecule has 0 atom stereocenters. The lowest BCUT2D eigenvalue weighted by atomic mass is 9.91. The molecule has 0 radical (unpaired) electrons. The molecule has 6 heteroatoms. The molecular formula is C23H25N3O3. The van der Waals surface area contributed by atoms with Crippen molar-refractivity contribution in [2.24, 2.45) is 0 Å². The largest absolute Gasteiger partial charge is 0.388 e. The molecule has 2 heterocycles. The fraction of sp³-hybridized carbons (Fsp3) is 0.348. The van der Waals surface area contributed by atoms with Gasteiger partial charge in [0.1, 0.15) is 0 Å². The van der Waals surface area contributed by atoms with Gasteiger partial charge in [-0.15, -0.1) is 0 Å². The first-order chi connectivity index (χ1) is 13.9. The van der Waals surface area contributed by atoms with E-state index in [4.69, 9.17) is 0 Å². The highest BCUT2D eigenvalue weighted by Crippen LogP contribution is 2.24. The minimum absolute atomic E-state index is 0.0699. The van der Waals surface area contributed by atoms with E-state index in [1.807, 2.05) is 43.3 Å². The summed E-state index contributed by atoms with van der Waals surface area (Å²) in [5, 5.41) is 11.6. The zero-order valence-corrected chi connectivity index (χ0v) is 16.5. The molecule has 2 aromatic carbocycles. The third-order valence-corrected chi connectivity index (χ3v) is 5.72. The van der Waals surface area contributed by atoms with E-state index in [1.165, 1.54) is 16.5 Å². The topological polar surface area (TPSA) is 75.4 Å². The number of nitrogens with zero attached hydrogens (tertiary/aromatic N) is 3. The van der Waals surface area contributed by atoms with Gasteiger partial charge in [-0.1, -0.05) is 42.0 Å². The SMILES string of the molecule is Cc1ccc(CC(=O)N2CCC(O)(Cn3cnc4ccccc4c3=O)CC2)cc1. The molecule has 0 spiro atoms. The smallest absolute Gasteiger partial charge is 0.261 e. The van der Waals surface area contributed by atoms with Gasteiger partial charge in [0.15, 0.2) is 0 Å². The Morgan fingerprint density at radius 1 is 1.10 bits per heavy atom. The molecular weight excluding hydrogens is 366 g/mol. The van der Waals surface area contributed by atoms with Crippen LogP contribution in [0.5, 0.6) is 0 Å². The summed E-state index contributed by atoms with van der Waals surface area (Å²) in [5.41, 5.74) is 1.64. The summed E-state index contributed by atoms with van der Waals surface area (Å²) in [6, 6.07) is 15.2. The van der Waals surface area contributed by atoms with Crippen molar-refractivity contribution in [3.05, 3.63) is 76.3 Å². The number of fused-ring (bicyclic) bond motifs is 1. The molecule has 1 aliphatic rings. The minimum Gasteiger partial charge on any atom is -0.388 e. The monoisotopic (exact) mass is 391 g/mol. The number of carbonyl (C=O) groups is 1. The zero-order chi connectivity index (χ0) is 20.4. The van der Waals surface area contributed by atoms with Gasteiger partial charge in [0, 0.05) is 13.1 Å². The highest BCUT2D eigenvalue weighted by molar-refractivity contribution is 5.79. The molecule has 1 N–H and O–H groups in total. The van der Waals surface area contributed by atoms with Crippen LogP contribution in [0.2, 0.25) is 0 Å². The molecule has 0 unspecified atom stereocenters. The first kappa shape index (κ1) is 19.3. The number of benzene rings is 2. The molecule has 0 aliphatic carbocycles. The van der Waals surface area contributed by atoms with Crippen molar-refractivity contribution in [3.63, 3.8) is 0 Å². The summed E-state index contributed by atoms with van der Waals surface area (Å²) in [6.45, 7) is 3.17. The quantitative estimate of drug-likeness (QED) is 0.741. The number of para-hydroxylation sites is 1. The molecule has 29 heavy (non-hydrogen) atoms. The van der Waals surface area contributed by atoms with Crippen LogP contribution in [-0.2, 0) is 17.8 Å². The van der Waals surface area contributed by atoms with Crippen LogP contribution in [-0.4, -0.2) is 44.2 Å². The number of aryl methyl sites for hydroxylation is 1. The van der Waals surface area contributed by atoms with Crippen LogP contribution in [0.4, 0.5) is 0 Å². The van der Waals surface area contributed by atoms with Gasteiger partial charge in [0.25, 0.3) is 5.56 Å². The number of likely N-dealkylation sites (tertiary alicyclic amines) is 1. The van der Waals surface area contributed by atoms with Gasteiger partial charge in [-0.3, -0.25) is 14.2 Å². The molecule has 6 nitrogen and oxygen atoms in total. The van der Waals surface area contributed by atoms with E-state index in [-0.39, 0.29) is 18.0 Å². The second kappa shape index (κ2) is 7.79. The number of rotatable bonds is 4. The Bertz CT molecular complexity index is 1080. The van der Waals surface area contributed by atoms with Gasteiger partial charge in [-0.2, -0.15) is 0 Å². The Morgan fingerprint density at radius 2 is 1.79 bits per heavy atom. The van der Waals surface area contributed by atoms with Gasteiger partial charge in [0.05, 0.1) is 35.8 Å². The van der Waals surface area contributed by atoms with Gasteiger partial charge >= 0.3 is 0 Å². The van der Waals surface area contributed by atoms with Crippen LogP contribution in [0.1, 0.15) is 24.0 Å². The first-order valence-corrected chi connectivity index (χ1v) is 9.93. The van der Waals surface area contributed by atoms with Crippen LogP contribution >= 0.6 is 0 Å². The molecule has 150 valence electrons. The van der Waals surface area contributed by atoms with Crippen molar-refractivity contribution in [3.8, 4) is 0 Å². The number of carbonyl (C=O) groups excluding carboxylic acids is 1. The molecule has 1 fully saturated rings. The maximum absolute atomic E-state index is 12.7. The lowest BCUT2D eigenvalue weighted by Gasteiger charge is -2.38. The van der Waals surface area contributed by atoms with E-state index < -0.39 is 5.60 Å². The Balaban J connectivity index is 1.40. The van der Waals surface area contributed by atoms with E-state index >= 15 is 0 Å². The molecule has 4 rings (SSSR count). The van der Waals surface area contributed by atoms with Crippen molar-refractivity contribution in [2.75, 3.05) is 13.1 Å². The van der Waals surface area contributed by atoms with Gasteiger partial charge < -0.3 is 10.0 Å². The third-order valence-electron chi connectivity index (χ3n) is 5.72. The summed E-state index contributed by atoms with van der Waals surface area (Å²) in [6.07, 6.45) is 2.74. The second-order valence-electron chi connectivity index (χ2n) is 7.96. The number of hydrogen-bond acceptors (Lipinski definition) is 4. The molecule has 1 amide bonds. The highest BCUT2D eigenvalue weighted by Gasteiger charge is 2.34. The van der Waals surface area contributed by atoms with Crippen molar-refractivity contribution in [1.29, 1.82) is 0 Å². The Hall–Kier alpha value is -2.99. The summed E-state index contributed by atoms with van der Waals surface area (Å²) in [7, 11) is 0. The lowest BCUT2D eigenvalue weighted by Crippen LogP contribution is -2.50. The molecule has 3 aromatic rings. The average molecular weight is 391 g/mol. The summed E-state index contributed by atoms with van der Waals surface area (Å²) < 4.78 is 1.48. The molecule has 1 aromatic heterocycles. The molecule has 0 saturated carbocycles. The number of piperidine rings is 1. The first-order valence-electron chi connectivity index (χ1n) is 9.93. The maximum atomic E-state index is 12.7. The average Bonchev–Trinajstić information content (AvgIpc) is 2.72. The molecule has 0 bridgehead atoms. The summed E-state index contributed by atoms with van der Waals surface area (Å²) in [4.78, 5) is 31.4. The zero-order valence-electron chi connectivity index (χ0n) is 16.5. The van der Waals surface area contributed by atoms with Gasteiger partial charge in [0.2, 0.25) is 5.91 Å². The van der Waals surface area contributed by atoms with Crippen molar-refractivity contribution in [1.82, 2.24) is 14.5 Å². The van der Waals surface area contributed by atoms with E-state index in [2.05, 4.69) is 4.98 Å². The fourth-order valence-corrected chi connectivity index (χ4v) is 3.86. The summed E-state index contributed by atoms with van der Waals surface area (Å²) in [5.74, 6) is 0.0699. The van der Waals surface area contributed by atoms with Crippen LogP contribution in [0.15, 0.2) is 59.7 Å². The number of hydrogen-bond donors (Lipinski definition) is 1. The Kier molecular flexibility index (Phi) is 5.20. The second-order valence-corrected chi connectivity index (χ2v) is 7.96. The van der Waals surface area contributed by atoms with E-state index in [1.54, 1.807) is 17.0 Å². The van der Waals surface area contributed by atoms with Crippen molar-refractivity contribution >= 4 is 16.8 Å². The van der Waals surface area contributed by atoms with Crippen LogP contribution in [0.3, 0.4) is 0 Å². The maximum Gasteiger partial charge on any atom is 0.261 e. The molecule has 1 aliphatic heterocycles. The number of aromatic nitrogens is 2. The fourth-order valence-electron chi connectivity index (χ4n) is 3.86. The van der Waals surface area contributed by atoms with E-state index in [9.17, 15) is 14.7 Å². The normalized spacial score (nSPS) is 16.1. The molecule has 1 saturated heterocycles. The van der Waals surface area contributed by atoms with Crippen molar-refractivity contribution in [2.45, 2.75) is 38.3 Å². The Morgan fingerprint density at radius 3 is 2.52 bits per heavy atom. The van der Waals surface area contributed by atoms with Crippen LogP contribution < -0.4 is 5.56 Å². The lowest BCUT2D eigenvalue weighted by molar-refractivity contribution is -0.135. The minimum atomic E-state index is -1.02. The van der Waals surface area contributed by atoms with Crippen LogP contribution in [0, 0.1) is 6.92 Å². The van der Waals surface area contributed by atoms with Crippen molar-refractivity contribution < 1.29 is 9.90 Å². The third kappa shape index (κ3) is 4.22. The number of amides is 1.